The predicted octanol–water partition coefficient (Wildman–Crippen LogP) is 6.54. The summed E-state index contributed by atoms with van der Waals surface area (Å²) in [7, 11) is 1.68. The van der Waals surface area contributed by atoms with E-state index in [0.29, 0.717) is 0 Å². The lowest BCUT2D eigenvalue weighted by Gasteiger charge is -2.30. The summed E-state index contributed by atoms with van der Waals surface area (Å²) in [6, 6.07) is 34.9. The Morgan fingerprint density at radius 2 is 1.56 bits per heavy atom. The Morgan fingerprint density at radius 3 is 2.39 bits per heavy atom. The van der Waals surface area contributed by atoms with E-state index in [1.807, 2.05) is 41.1 Å². The van der Waals surface area contributed by atoms with Crippen molar-refractivity contribution in [3.63, 3.8) is 0 Å². The number of rotatable bonds is 4. The molecule has 0 saturated heterocycles. The largest absolute Gasteiger partial charge is 0.497 e. The van der Waals surface area contributed by atoms with E-state index >= 15 is 0 Å². The van der Waals surface area contributed by atoms with Crippen molar-refractivity contribution in [3.05, 3.63) is 115 Å². The summed E-state index contributed by atoms with van der Waals surface area (Å²) in [5, 5.41) is 8.87. The van der Waals surface area contributed by atoms with Gasteiger partial charge in [-0.15, -0.1) is 0 Å². The maximum Gasteiger partial charge on any atom is 0.145 e. The average molecular weight is 470 g/mol. The van der Waals surface area contributed by atoms with Crippen LogP contribution in [0.1, 0.15) is 11.7 Å². The topological polar surface area (TPSA) is 56.9 Å². The van der Waals surface area contributed by atoms with Crippen molar-refractivity contribution >= 4 is 16.7 Å². The summed E-state index contributed by atoms with van der Waals surface area (Å²) in [5.74, 6) is 1.76. The Kier molecular flexibility index (Phi) is 4.64. The maximum atomic E-state index is 5.40. The summed E-state index contributed by atoms with van der Waals surface area (Å²) in [6.07, 6.45) is 1.93. The molecule has 0 saturated carbocycles. The number of benzene rings is 4. The molecule has 6 nitrogen and oxygen atoms in total. The highest BCUT2D eigenvalue weighted by atomic mass is 16.5. The molecule has 0 bridgehead atoms. The zero-order valence-corrected chi connectivity index (χ0v) is 19.7. The van der Waals surface area contributed by atoms with Crippen molar-refractivity contribution in [1.29, 1.82) is 0 Å². The average Bonchev–Trinajstić information content (AvgIpc) is 3.56. The number of ether oxygens (including phenoxy) is 1. The normalized spacial score (nSPS) is 14.2. The molecule has 1 unspecified atom stereocenters. The van der Waals surface area contributed by atoms with Crippen LogP contribution in [0.5, 0.6) is 5.75 Å². The minimum atomic E-state index is -0.197. The summed E-state index contributed by atoms with van der Waals surface area (Å²) in [5.41, 5.74) is 8.18. The van der Waals surface area contributed by atoms with Crippen LogP contribution in [0.15, 0.2) is 109 Å². The van der Waals surface area contributed by atoms with Gasteiger partial charge in [-0.05, 0) is 60.7 Å². The van der Waals surface area contributed by atoms with Gasteiger partial charge in [-0.2, -0.15) is 5.10 Å². The number of hydrogen-bond donors (Lipinski definition) is 1. The van der Waals surface area contributed by atoms with Gasteiger partial charge in [0.2, 0.25) is 0 Å². The SMILES string of the molecule is COc1ccc(-c2nn(-c3ccccc3)cc2C2Nc3ccccc3-c3nc4ccccc4n32)cc1. The lowest BCUT2D eigenvalue weighted by molar-refractivity contribution is 0.415. The monoisotopic (exact) mass is 469 g/mol. The van der Waals surface area contributed by atoms with Gasteiger partial charge in [-0.3, -0.25) is 4.57 Å². The van der Waals surface area contributed by atoms with Crippen molar-refractivity contribution in [3.8, 4) is 34.1 Å². The van der Waals surface area contributed by atoms with Crippen LogP contribution in [0.3, 0.4) is 0 Å². The van der Waals surface area contributed by atoms with Gasteiger partial charge >= 0.3 is 0 Å². The Morgan fingerprint density at radius 1 is 0.806 bits per heavy atom. The van der Waals surface area contributed by atoms with Gasteiger partial charge in [0, 0.05) is 28.6 Å². The van der Waals surface area contributed by atoms with Gasteiger partial charge in [0.1, 0.15) is 17.7 Å². The molecule has 3 heterocycles. The molecule has 1 aliphatic rings. The van der Waals surface area contributed by atoms with Crippen molar-refractivity contribution in [1.82, 2.24) is 19.3 Å². The van der Waals surface area contributed by atoms with E-state index in [4.69, 9.17) is 14.8 Å². The van der Waals surface area contributed by atoms with Crippen LogP contribution in [-0.2, 0) is 0 Å². The summed E-state index contributed by atoms with van der Waals surface area (Å²) < 4.78 is 9.64. The van der Waals surface area contributed by atoms with Gasteiger partial charge in [0.25, 0.3) is 0 Å². The molecule has 36 heavy (non-hydrogen) atoms. The van der Waals surface area contributed by atoms with E-state index < -0.39 is 0 Å². The van der Waals surface area contributed by atoms with Crippen LogP contribution in [0.2, 0.25) is 0 Å². The van der Waals surface area contributed by atoms with E-state index in [9.17, 15) is 0 Å². The van der Waals surface area contributed by atoms with E-state index in [2.05, 4.69) is 82.8 Å². The molecule has 0 fully saturated rings. The lowest BCUT2D eigenvalue weighted by Crippen LogP contribution is -2.25. The lowest BCUT2D eigenvalue weighted by atomic mass is 10.0. The summed E-state index contributed by atoms with van der Waals surface area (Å²) in [6.45, 7) is 0. The van der Waals surface area contributed by atoms with Crippen LogP contribution in [0, 0.1) is 0 Å². The molecule has 2 aromatic heterocycles. The first kappa shape index (κ1) is 20.5. The number of para-hydroxylation sites is 4. The molecule has 0 aliphatic carbocycles. The van der Waals surface area contributed by atoms with Gasteiger partial charge in [-0.1, -0.05) is 42.5 Å². The number of fused-ring (bicyclic) bond motifs is 5. The second-order valence-corrected chi connectivity index (χ2v) is 8.83. The number of aromatic nitrogens is 4. The zero-order chi connectivity index (χ0) is 24.1. The molecule has 0 spiro atoms. The highest BCUT2D eigenvalue weighted by molar-refractivity contribution is 5.87. The smallest absolute Gasteiger partial charge is 0.145 e. The van der Waals surface area contributed by atoms with Gasteiger partial charge < -0.3 is 10.1 Å². The third-order valence-electron chi connectivity index (χ3n) is 6.74. The molecular formula is C30H23N5O. The molecule has 4 aromatic carbocycles. The van der Waals surface area contributed by atoms with Crippen LogP contribution >= 0.6 is 0 Å². The molecule has 174 valence electrons. The third-order valence-corrected chi connectivity index (χ3v) is 6.74. The fourth-order valence-electron chi connectivity index (χ4n) is 5.00. The second-order valence-electron chi connectivity index (χ2n) is 8.83. The number of methoxy groups -OCH3 is 1. The number of anilines is 1. The Hall–Kier alpha value is -4.84. The fourth-order valence-corrected chi connectivity index (χ4v) is 5.00. The first-order valence-electron chi connectivity index (χ1n) is 11.9. The van der Waals surface area contributed by atoms with Crippen LogP contribution in [0.25, 0.3) is 39.4 Å². The molecule has 1 N–H and O–H groups in total. The van der Waals surface area contributed by atoms with E-state index in [1.165, 1.54) is 0 Å². The number of hydrogen-bond acceptors (Lipinski definition) is 4. The van der Waals surface area contributed by atoms with Gasteiger partial charge in [0.15, 0.2) is 0 Å². The Balaban J connectivity index is 1.48. The number of imidazole rings is 1. The highest BCUT2D eigenvalue weighted by Gasteiger charge is 2.31. The maximum absolute atomic E-state index is 5.40. The van der Waals surface area contributed by atoms with E-state index in [1.54, 1.807) is 7.11 Å². The van der Waals surface area contributed by atoms with Crippen LogP contribution in [0.4, 0.5) is 5.69 Å². The molecule has 6 aromatic rings. The first-order valence-corrected chi connectivity index (χ1v) is 11.9. The van der Waals surface area contributed by atoms with E-state index in [0.717, 1.165) is 56.4 Å². The van der Waals surface area contributed by atoms with Crippen molar-refractivity contribution < 1.29 is 4.74 Å². The molecule has 1 atom stereocenters. The standard InChI is InChI=1S/C30H23N5O/c1-36-22-17-15-20(16-18-22)28-24(19-34(33-28)21-9-3-2-4-10-21)30-31-25-12-6-5-11-23(25)29-32-26-13-7-8-14-27(26)35(29)30/h2-19,30-31H,1H3. The molecule has 0 radical (unpaired) electrons. The molecular weight excluding hydrogens is 446 g/mol. The third kappa shape index (κ3) is 3.19. The minimum Gasteiger partial charge on any atom is -0.497 e. The second kappa shape index (κ2) is 8.13. The molecule has 1 aliphatic heterocycles. The highest BCUT2D eigenvalue weighted by Crippen LogP contribution is 2.42. The Labute approximate surface area is 208 Å². The summed E-state index contributed by atoms with van der Waals surface area (Å²) in [4.78, 5) is 5.04. The van der Waals surface area contributed by atoms with Crippen LogP contribution < -0.4 is 10.1 Å². The zero-order valence-electron chi connectivity index (χ0n) is 19.7. The fraction of sp³-hybridized carbons (Fsp3) is 0.0667. The van der Waals surface area contributed by atoms with E-state index in [-0.39, 0.29) is 6.17 Å². The van der Waals surface area contributed by atoms with Crippen molar-refractivity contribution in [2.24, 2.45) is 0 Å². The minimum absolute atomic E-state index is 0.197. The van der Waals surface area contributed by atoms with Crippen molar-refractivity contribution in [2.45, 2.75) is 6.17 Å². The predicted molar refractivity (Wildman–Crippen MR) is 142 cm³/mol. The number of nitrogens with one attached hydrogen (secondary N) is 1. The van der Waals surface area contributed by atoms with Gasteiger partial charge in [-0.25, -0.2) is 9.67 Å². The molecule has 7 rings (SSSR count). The number of nitrogens with zero attached hydrogens (tertiary/aromatic N) is 4. The van der Waals surface area contributed by atoms with Crippen molar-refractivity contribution in [2.75, 3.05) is 12.4 Å². The molecule has 0 amide bonds. The summed E-state index contributed by atoms with van der Waals surface area (Å²) >= 11 is 0. The quantitative estimate of drug-likeness (QED) is 0.319. The Bertz CT molecular complexity index is 1700. The first-order chi connectivity index (χ1) is 17.8. The molecule has 6 heteroatoms. The van der Waals surface area contributed by atoms with Crippen LogP contribution in [-0.4, -0.2) is 26.4 Å². The van der Waals surface area contributed by atoms with Gasteiger partial charge in [0.05, 0.1) is 29.5 Å².